The first-order valence-electron chi connectivity index (χ1n) is 7.40. The van der Waals surface area contributed by atoms with Gasteiger partial charge in [-0.1, -0.05) is 35.0 Å². The molecule has 2 aromatic rings. The highest BCUT2D eigenvalue weighted by atomic mass is 16.6. The van der Waals surface area contributed by atoms with Gasteiger partial charge in [-0.25, -0.2) is 0 Å². The molecule has 0 saturated carbocycles. The molecule has 0 saturated heterocycles. The second kappa shape index (κ2) is 6.52. The van der Waals surface area contributed by atoms with Gasteiger partial charge in [0.1, 0.15) is 5.75 Å². The molecule has 5 nitrogen and oxygen atoms in total. The van der Waals surface area contributed by atoms with Crippen molar-refractivity contribution in [3.63, 3.8) is 0 Å². The number of nitrogens with one attached hydrogen (secondary N) is 1. The Labute approximate surface area is 134 Å². The van der Waals surface area contributed by atoms with Crippen LogP contribution in [0.5, 0.6) is 5.75 Å². The molecule has 0 aliphatic carbocycles. The van der Waals surface area contributed by atoms with E-state index in [0.29, 0.717) is 6.42 Å². The highest BCUT2D eigenvalue weighted by Gasteiger charge is 2.29. The summed E-state index contributed by atoms with van der Waals surface area (Å²) in [6, 6.07) is 15.2. The fraction of sp³-hybridized carbons (Fsp3) is 0.222. The Balaban J connectivity index is 1.64. The van der Waals surface area contributed by atoms with Gasteiger partial charge in [0.05, 0.1) is 12.8 Å². The molecule has 1 heterocycles. The van der Waals surface area contributed by atoms with Gasteiger partial charge in [-0.3, -0.25) is 4.79 Å². The normalized spacial score (nSPS) is 16.4. The lowest BCUT2D eigenvalue weighted by molar-refractivity contribution is -0.125. The van der Waals surface area contributed by atoms with Crippen LogP contribution < -0.4 is 10.1 Å². The number of ether oxygens (including phenoxy) is 1. The van der Waals surface area contributed by atoms with Crippen LogP contribution in [0.2, 0.25) is 0 Å². The number of benzene rings is 2. The van der Waals surface area contributed by atoms with E-state index in [0.717, 1.165) is 28.3 Å². The van der Waals surface area contributed by atoms with E-state index in [1.54, 1.807) is 7.11 Å². The van der Waals surface area contributed by atoms with Gasteiger partial charge in [0.2, 0.25) is 6.10 Å². The summed E-state index contributed by atoms with van der Waals surface area (Å²) >= 11 is 0. The van der Waals surface area contributed by atoms with Crippen molar-refractivity contribution in [3.8, 4) is 5.75 Å². The van der Waals surface area contributed by atoms with Crippen LogP contribution >= 0.6 is 0 Å². The first-order valence-corrected chi connectivity index (χ1v) is 7.40. The fourth-order valence-corrected chi connectivity index (χ4v) is 2.35. The number of carbonyl (C=O) groups excluding carboxylic acids is 1. The zero-order chi connectivity index (χ0) is 16.2. The number of oxime groups is 1. The molecular formula is C18H18N2O3. The van der Waals surface area contributed by atoms with Gasteiger partial charge >= 0.3 is 0 Å². The Hall–Kier alpha value is -2.82. The minimum atomic E-state index is -0.613. The van der Waals surface area contributed by atoms with E-state index in [9.17, 15) is 4.79 Å². The molecule has 5 heteroatoms. The molecule has 0 radical (unpaired) electrons. The highest BCUT2D eigenvalue weighted by Crippen LogP contribution is 2.21. The largest absolute Gasteiger partial charge is 0.497 e. The number of rotatable bonds is 4. The summed E-state index contributed by atoms with van der Waals surface area (Å²) in [7, 11) is 1.61. The maximum absolute atomic E-state index is 12.3. The Morgan fingerprint density at radius 3 is 2.78 bits per heavy atom. The summed E-state index contributed by atoms with van der Waals surface area (Å²) in [5.41, 5.74) is 3.53. The highest BCUT2D eigenvalue weighted by molar-refractivity contribution is 6.06. The van der Waals surface area contributed by atoms with E-state index < -0.39 is 6.10 Å². The first kappa shape index (κ1) is 15.1. The average molecular weight is 310 g/mol. The Kier molecular flexibility index (Phi) is 4.28. The number of nitrogens with zero attached hydrogens (tertiary/aromatic N) is 1. The molecule has 0 fully saturated rings. The second-order valence-corrected chi connectivity index (χ2v) is 5.42. The van der Waals surface area contributed by atoms with Gasteiger partial charge in [-0.15, -0.1) is 0 Å². The third-order valence-electron chi connectivity index (χ3n) is 3.68. The van der Waals surface area contributed by atoms with Crippen LogP contribution in [-0.4, -0.2) is 24.8 Å². The van der Waals surface area contributed by atoms with Gasteiger partial charge < -0.3 is 14.9 Å². The van der Waals surface area contributed by atoms with Crippen LogP contribution in [0.1, 0.15) is 17.5 Å². The molecule has 0 spiro atoms. The predicted octanol–water partition coefficient (Wildman–Crippen LogP) is 3.14. The van der Waals surface area contributed by atoms with Crippen molar-refractivity contribution in [1.82, 2.24) is 0 Å². The molecule has 1 amide bonds. The Morgan fingerprint density at radius 1 is 1.26 bits per heavy atom. The number of amides is 1. The quantitative estimate of drug-likeness (QED) is 0.944. The molecule has 1 aliphatic heterocycles. The van der Waals surface area contributed by atoms with Gasteiger partial charge in [-0.2, -0.15) is 0 Å². The van der Waals surface area contributed by atoms with E-state index in [4.69, 9.17) is 9.57 Å². The summed E-state index contributed by atoms with van der Waals surface area (Å²) in [6.45, 7) is 2.00. The van der Waals surface area contributed by atoms with Crippen LogP contribution in [0, 0.1) is 6.92 Å². The monoisotopic (exact) mass is 310 g/mol. The second-order valence-electron chi connectivity index (χ2n) is 5.42. The summed E-state index contributed by atoms with van der Waals surface area (Å²) in [5.74, 6) is 0.549. The zero-order valence-electron chi connectivity index (χ0n) is 13.1. The van der Waals surface area contributed by atoms with Crippen molar-refractivity contribution in [2.45, 2.75) is 19.4 Å². The lowest BCUT2D eigenvalue weighted by Gasteiger charge is -2.09. The SMILES string of the molecule is COc1cccc(C2=NOC(C(=O)Nc3ccc(C)cc3)C2)c1. The first-order chi connectivity index (χ1) is 11.2. The van der Waals surface area contributed by atoms with Crippen LogP contribution in [0.3, 0.4) is 0 Å². The summed E-state index contributed by atoms with van der Waals surface area (Å²) in [5, 5.41) is 6.88. The van der Waals surface area contributed by atoms with E-state index in [-0.39, 0.29) is 5.91 Å². The van der Waals surface area contributed by atoms with E-state index in [1.165, 1.54) is 0 Å². The number of aryl methyl sites for hydroxylation is 1. The Morgan fingerprint density at radius 2 is 2.04 bits per heavy atom. The number of carbonyl (C=O) groups is 1. The molecule has 1 atom stereocenters. The number of hydrogen-bond donors (Lipinski definition) is 1. The van der Waals surface area contributed by atoms with Gasteiger partial charge in [0, 0.05) is 17.7 Å². The molecule has 2 aromatic carbocycles. The average Bonchev–Trinajstić information content (AvgIpc) is 3.07. The van der Waals surface area contributed by atoms with Crippen molar-refractivity contribution in [2.75, 3.05) is 12.4 Å². The van der Waals surface area contributed by atoms with Crippen molar-refractivity contribution >= 4 is 17.3 Å². The van der Waals surface area contributed by atoms with Crippen molar-refractivity contribution in [1.29, 1.82) is 0 Å². The van der Waals surface area contributed by atoms with Gasteiger partial charge in [-0.05, 0) is 31.2 Å². The maximum atomic E-state index is 12.3. The minimum absolute atomic E-state index is 0.199. The number of methoxy groups -OCH3 is 1. The van der Waals surface area contributed by atoms with Crippen LogP contribution in [0.15, 0.2) is 53.7 Å². The minimum Gasteiger partial charge on any atom is -0.497 e. The third-order valence-corrected chi connectivity index (χ3v) is 3.68. The van der Waals surface area contributed by atoms with E-state index in [1.807, 2.05) is 55.5 Å². The summed E-state index contributed by atoms with van der Waals surface area (Å²) < 4.78 is 5.20. The molecule has 1 N–H and O–H groups in total. The molecule has 1 unspecified atom stereocenters. The molecule has 1 aliphatic rings. The lowest BCUT2D eigenvalue weighted by atomic mass is 10.0. The van der Waals surface area contributed by atoms with E-state index in [2.05, 4.69) is 10.5 Å². The summed E-state index contributed by atoms with van der Waals surface area (Å²) in [4.78, 5) is 17.6. The molecule has 3 rings (SSSR count). The topological polar surface area (TPSA) is 59.9 Å². The van der Waals surface area contributed by atoms with Crippen LogP contribution in [0.4, 0.5) is 5.69 Å². The molecule has 0 aromatic heterocycles. The fourth-order valence-electron chi connectivity index (χ4n) is 2.35. The zero-order valence-corrected chi connectivity index (χ0v) is 13.1. The third kappa shape index (κ3) is 3.51. The van der Waals surface area contributed by atoms with Crippen LogP contribution in [-0.2, 0) is 9.63 Å². The maximum Gasteiger partial charge on any atom is 0.268 e. The predicted molar refractivity (Wildman–Crippen MR) is 88.8 cm³/mol. The van der Waals surface area contributed by atoms with Crippen LogP contribution in [0.25, 0.3) is 0 Å². The number of anilines is 1. The lowest BCUT2D eigenvalue weighted by Crippen LogP contribution is -2.28. The van der Waals surface area contributed by atoms with Gasteiger partial charge in [0.15, 0.2) is 0 Å². The standard InChI is InChI=1S/C18H18N2O3/c1-12-6-8-14(9-7-12)19-18(21)17-11-16(20-23-17)13-4-3-5-15(10-13)22-2/h3-10,17H,11H2,1-2H3,(H,19,21). The number of hydrogen-bond acceptors (Lipinski definition) is 4. The molecular weight excluding hydrogens is 292 g/mol. The molecule has 118 valence electrons. The van der Waals surface area contributed by atoms with E-state index >= 15 is 0 Å². The smallest absolute Gasteiger partial charge is 0.268 e. The van der Waals surface area contributed by atoms with Crippen molar-refractivity contribution in [3.05, 3.63) is 59.7 Å². The van der Waals surface area contributed by atoms with Crippen molar-refractivity contribution in [2.24, 2.45) is 5.16 Å². The summed E-state index contributed by atoms with van der Waals surface area (Å²) in [6.07, 6.45) is -0.178. The Bertz CT molecular complexity index is 738. The van der Waals surface area contributed by atoms with Crippen molar-refractivity contribution < 1.29 is 14.4 Å². The molecule has 0 bridgehead atoms. The van der Waals surface area contributed by atoms with Gasteiger partial charge in [0.25, 0.3) is 5.91 Å². The molecule has 23 heavy (non-hydrogen) atoms.